The van der Waals surface area contributed by atoms with Gasteiger partial charge in [-0.15, -0.1) is 0 Å². The van der Waals surface area contributed by atoms with Crippen molar-refractivity contribution in [1.82, 2.24) is 14.7 Å². The second-order valence-electron chi connectivity index (χ2n) is 7.65. The molecular weight excluding hydrogens is 452 g/mol. The number of halogens is 3. The molecule has 0 saturated heterocycles. The molecule has 0 spiro atoms. The van der Waals surface area contributed by atoms with Gasteiger partial charge in [-0.1, -0.05) is 35.9 Å². The summed E-state index contributed by atoms with van der Waals surface area (Å²) < 4.78 is 29.3. The zero-order chi connectivity index (χ0) is 23.7. The summed E-state index contributed by atoms with van der Waals surface area (Å²) in [6.07, 6.45) is -0.143. The molecule has 7 nitrogen and oxygen atoms in total. The van der Waals surface area contributed by atoms with Crippen LogP contribution >= 0.6 is 11.6 Å². The first kappa shape index (κ1) is 22.4. The molecule has 2 heterocycles. The number of rotatable bonds is 5. The zero-order valence-corrected chi connectivity index (χ0v) is 18.0. The predicted molar refractivity (Wildman–Crippen MR) is 118 cm³/mol. The number of carbonyl (C=O) groups excluding carboxylic acids is 2. The summed E-state index contributed by atoms with van der Waals surface area (Å²) in [7, 11) is 0. The van der Waals surface area contributed by atoms with Crippen molar-refractivity contribution in [3.63, 3.8) is 0 Å². The lowest BCUT2D eigenvalue weighted by Crippen LogP contribution is -2.43. The fourth-order valence-electron chi connectivity index (χ4n) is 3.94. The standard InChI is InChI=1S/C23H18ClF2N5O2/c1-28-18-6-5-13(7-17(18)26)8-20(32)30-11-16(10-25)31-19(12-30)21(23(27)33)22(29-31)14-3-2-4-15(24)9-14/h2-7,9,16H,8,10-12H2,(H2,27,33)/t16-/m1/s1. The lowest BCUT2D eigenvalue weighted by molar-refractivity contribution is -0.132. The van der Waals surface area contributed by atoms with E-state index in [-0.39, 0.29) is 42.4 Å². The van der Waals surface area contributed by atoms with Crippen LogP contribution in [0.3, 0.4) is 0 Å². The molecule has 4 rings (SSSR count). The maximum absolute atomic E-state index is 14.0. The predicted octanol–water partition coefficient (Wildman–Crippen LogP) is 4.09. The fourth-order valence-corrected chi connectivity index (χ4v) is 4.13. The molecule has 3 aromatic rings. The summed E-state index contributed by atoms with van der Waals surface area (Å²) in [6, 6.07) is 9.83. The minimum absolute atomic E-state index is 0.0101. The van der Waals surface area contributed by atoms with Crippen LogP contribution in [-0.2, 0) is 17.8 Å². The first-order valence-electron chi connectivity index (χ1n) is 9.99. The minimum atomic E-state index is -0.819. The van der Waals surface area contributed by atoms with Crippen molar-refractivity contribution in [1.29, 1.82) is 0 Å². The van der Waals surface area contributed by atoms with Gasteiger partial charge in [0.1, 0.15) is 18.2 Å². The number of alkyl halides is 1. The topological polar surface area (TPSA) is 85.6 Å². The van der Waals surface area contributed by atoms with Crippen molar-refractivity contribution in [3.8, 4) is 11.3 Å². The van der Waals surface area contributed by atoms with Gasteiger partial charge in [0, 0.05) is 17.1 Å². The Labute approximate surface area is 193 Å². The Morgan fingerprint density at radius 2 is 2.06 bits per heavy atom. The third-order valence-corrected chi connectivity index (χ3v) is 5.73. The molecule has 0 bridgehead atoms. The van der Waals surface area contributed by atoms with Crippen LogP contribution < -0.4 is 5.73 Å². The summed E-state index contributed by atoms with van der Waals surface area (Å²) in [6.45, 7) is 6.12. The monoisotopic (exact) mass is 469 g/mol. The molecule has 1 aliphatic heterocycles. The van der Waals surface area contributed by atoms with Gasteiger partial charge in [0.2, 0.25) is 11.6 Å². The summed E-state index contributed by atoms with van der Waals surface area (Å²) in [5.41, 5.74) is 7.14. The Balaban J connectivity index is 1.68. The number of fused-ring (bicyclic) bond motifs is 1. The smallest absolute Gasteiger partial charge is 0.252 e. The molecule has 2 amide bonds. The molecule has 10 heteroatoms. The van der Waals surface area contributed by atoms with E-state index in [2.05, 4.69) is 9.94 Å². The number of nitrogens with two attached hydrogens (primary N) is 1. The van der Waals surface area contributed by atoms with Crippen LogP contribution in [0, 0.1) is 12.4 Å². The number of aromatic nitrogens is 2. The molecule has 0 aliphatic carbocycles. The number of hydrogen-bond donors (Lipinski definition) is 1. The first-order valence-corrected chi connectivity index (χ1v) is 10.4. The normalized spacial score (nSPS) is 15.1. The molecule has 0 unspecified atom stereocenters. The van der Waals surface area contributed by atoms with Crippen molar-refractivity contribution < 1.29 is 18.4 Å². The average Bonchev–Trinajstić information content (AvgIpc) is 3.18. The molecule has 2 aromatic carbocycles. The van der Waals surface area contributed by atoms with Gasteiger partial charge in [0.05, 0.1) is 36.8 Å². The van der Waals surface area contributed by atoms with Crippen LogP contribution in [0.4, 0.5) is 14.5 Å². The van der Waals surface area contributed by atoms with Crippen molar-refractivity contribution >= 4 is 29.1 Å². The summed E-state index contributed by atoms with van der Waals surface area (Å²) in [4.78, 5) is 29.8. The van der Waals surface area contributed by atoms with Crippen molar-refractivity contribution in [3.05, 3.63) is 81.5 Å². The number of amides is 2. The molecule has 2 N–H and O–H groups in total. The molecule has 1 atom stereocenters. The van der Waals surface area contributed by atoms with E-state index in [1.807, 2.05) is 0 Å². The van der Waals surface area contributed by atoms with E-state index in [0.717, 1.165) is 6.07 Å². The Morgan fingerprint density at radius 1 is 1.27 bits per heavy atom. The molecule has 33 heavy (non-hydrogen) atoms. The highest BCUT2D eigenvalue weighted by molar-refractivity contribution is 6.30. The van der Waals surface area contributed by atoms with Crippen LogP contribution in [0.1, 0.15) is 27.7 Å². The maximum Gasteiger partial charge on any atom is 0.252 e. The van der Waals surface area contributed by atoms with Crippen molar-refractivity contribution in [2.75, 3.05) is 13.2 Å². The summed E-state index contributed by atoms with van der Waals surface area (Å²) in [5.74, 6) is -1.85. The highest BCUT2D eigenvalue weighted by Crippen LogP contribution is 2.33. The first-order chi connectivity index (χ1) is 15.8. The van der Waals surface area contributed by atoms with Gasteiger partial charge < -0.3 is 10.6 Å². The zero-order valence-electron chi connectivity index (χ0n) is 17.3. The molecule has 0 fully saturated rings. The second-order valence-corrected chi connectivity index (χ2v) is 8.08. The molecule has 1 aliphatic rings. The molecular formula is C23H18ClF2N5O2. The Hall–Kier alpha value is -3.77. The van der Waals surface area contributed by atoms with E-state index >= 15 is 0 Å². The summed E-state index contributed by atoms with van der Waals surface area (Å²) in [5, 5.41) is 4.88. The third-order valence-electron chi connectivity index (χ3n) is 5.49. The second kappa shape index (κ2) is 9.00. The van der Waals surface area contributed by atoms with Crippen LogP contribution in [0.2, 0.25) is 5.02 Å². The minimum Gasteiger partial charge on any atom is -0.365 e. The molecule has 0 radical (unpaired) electrons. The highest BCUT2D eigenvalue weighted by Gasteiger charge is 2.34. The Bertz CT molecular complexity index is 1300. The van der Waals surface area contributed by atoms with Gasteiger partial charge in [0.15, 0.2) is 0 Å². The maximum atomic E-state index is 14.0. The number of nitrogens with zero attached hydrogens (tertiary/aromatic N) is 4. The van der Waals surface area contributed by atoms with Gasteiger partial charge in [-0.05, 0) is 23.8 Å². The van der Waals surface area contributed by atoms with Gasteiger partial charge in [-0.3, -0.25) is 14.3 Å². The number of benzene rings is 2. The van der Waals surface area contributed by atoms with Crippen LogP contribution in [0.5, 0.6) is 0 Å². The Morgan fingerprint density at radius 3 is 2.70 bits per heavy atom. The van der Waals surface area contributed by atoms with Crippen LogP contribution in [0.15, 0.2) is 42.5 Å². The third kappa shape index (κ3) is 4.30. The SMILES string of the molecule is [C-]#[N+]c1ccc(CC(=O)N2Cc3c(C(N)=O)c(-c4cccc(Cl)c4)nn3[C@H](CF)C2)cc1F. The van der Waals surface area contributed by atoms with Crippen molar-refractivity contribution in [2.24, 2.45) is 5.73 Å². The molecule has 168 valence electrons. The van der Waals surface area contributed by atoms with E-state index in [9.17, 15) is 18.4 Å². The molecule has 0 saturated carbocycles. The van der Waals surface area contributed by atoms with Crippen LogP contribution in [-0.4, -0.2) is 39.7 Å². The fraction of sp³-hybridized carbons (Fsp3) is 0.217. The van der Waals surface area contributed by atoms with E-state index < -0.39 is 24.4 Å². The number of hydrogen-bond acceptors (Lipinski definition) is 3. The van der Waals surface area contributed by atoms with Crippen LogP contribution in [0.25, 0.3) is 16.1 Å². The van der Waals surface area contributed by atoms with E-state index in [0.29, 0.717) is 21.8 Å². The van der Waals surface area contributed by atoms with Crippen molar-refractivity contribution in [2.45, 2.75) is 19.0 Å². The number of carbonyl (C=O) groups is 2. The molecule has 1 aromatic heterocycles. The van der Waals surface area contributed by atoms with E-state index in [4.69, 9.17) is 23.9 Å². The lowest BCUT2D eigenvalue weighted by Gasteiger charge is -2.33. The average molecular weight is 470 g/mol. The highest BCUT2D eigenvalue weighted by atomic mass is 35.5. The lowest BCUT2D eigenvalue weighted by atomic mass is 10.0. The van der Waals surface area contributed by atoms with Gasteiger partial charge in [-0.2, -0.15) is 5.10 Å². The largest absolute Gasteiger partial charge is 0.365 e. The number of primary amides is 1. The van der Waals surface area contributed by atoms with Gasteiger partial charge in [0.25, 0.3) is 5.91 Å². The van der Waals surface area contributed by atoms with E-state index in [1.54, 1.807) is 24.3 Å². The summed E-state index contributed by atoms with van der Waals surface area (Å²) >= 11 is 6.07. The quantitative estimate of drug-likeness (QED) is 0.571. The van der Waals surface area contributed by atoms with E-state index in [1.165, 1.54) is 21.7 Å². The van der Waals surface area contributed by atoms with Gasteiger partial charge in [-0.25, -0.2) is 13.6 Å². The van der Waals surface area contributed by atoms with Gasteiger partial charge >= 0.3 is 0 Å². The Kier molecular flexibility index (Phi) is 6.11.